The third kappa shape index (κ3) is 3.38. The quantitative estimate of drug-likeness (QED) is 0.851. The summed E-state index contributed by atoms with van der Waals surface area (Å²) in [5, 5.41) is 4.89. The molecule has 1 N–H and O–H groups in total. The molecule has 1 heterocycles. The van der Waals surface area contributed by atoms with Crippen LogP contribution in [0.5, 0.6) is 0 Å². The fourth-order valence-corrected chi connectivity index (χ4v) is 1.54. The van der Waals surface area contributed by atoms with Crippen molar-refractivity contribution in [3.05, 3.63) is 47.3 Å². The van der Waals surface area contributed by atoms with Gasteiger partial charge in [0.1, 0.15) is 5.56 Å². The largest absolute Gasteiger partial charge is 0.421 e. The fourth-order valence-electron chi connectivity index (χ4n) is 1.54. The first-order chi connectivity index (χ1) is 10.1. The maximum absolute atomic E-state index is 12.6. The number of carbonyl (C=O) groups is 1. The van der Waals surface area contributed by atoms with Gasteiger partial charge in [-0.1, -0.05) is 5.16 Å². The summed E-state index contributed by atoms with van der Waals surface area (Å²) in [5.74, 6) is -2.35. The molecule has 0 radical (unpaired) electrons. The number of amides is 1. The Balaban J connectivity index is 2.18. The molecule has 1 aromatic carbocycles. The second-order valence-corrected chi connectivity index (χ2v) is 4.10. The highest BCUT2D eigenvalue weighted by atomic mass is 19.4. The predicted molar refractivity (Wildman–Crippen MR) is 60.9 cm³/mol. The molecule has 0 spiro atoms. The van der Waals surface area contributed by atoms with E-state index in [2.05, 4.69) is 9.68 Å². The van der Waals surface area contributed by atoms with Gasteiger partial charge in [0.05, 0.1) is 11.8 Å². The van der Waals surface area contributed by atoms with Crippen molar-refractivity contribution in [1.82, 2.24) is 5.16 Å². The topological polar surface area (TPSA) is 55.1 Å². The molecule has 0 fully saturated rings. The monoisotopic (exact) mass is 324 g/mol. The molecule has 118 valence electrons. The van der Waals surface area contributed by atoms with Crippen molar-refractivity contribution in [1.29, 1.82) is 0 Å². The van der Waals surface area contributed by atoms with Crippen molar-refractivity contribution in [2.24, 2.45) is 0 Å². The van der Waals surface area contributed by atoms with Gasteiger partial charge in [-0.05, 0) is 24.3 Å². The van der Waals surface area contributed by atoms with E-state index in [9.17, 15) is 31.1 Å². The lowest BCUT2D eigenvalue weighted by Crippen LogP contribution is -2.17. The van der Waals surface area contributed by atoms with Crippen molar-refractivity contribution < 1.29 is 35.7 Å². The van der Waals surface area contributed by atoms with Crippen LogP contribution in [-0.4, -0.2) is 11.1 Å². The van der Waals surface area contributed by atoms with Crippen LogP contribution in [-0.2, 0) is 12.4 Å². The summed E-state index contributed by atoms with van der Waals surface area (Å²) in [4.78, 5) is 11.7. The maximum atomic E-state index is 12.6. The van der Waals surface area contributed by atoms with E-state index in [0.717, 1.165) is 12.1 Å². The van der Waals surface area contributed by atoms with Crippen molar-refractivity contribution in [3.8, 4) is 0 Å². The Labute approximate surface area is 118 Å². The van der Waals surface area contributed by atoms with Crippen LogP contribution in [0.15, 0.2) is 35.0 Å². The first-order valence-electron chi connectivity index (χ1n) is 5.59. The molecular formula is C12H6F6N2O2. The summed E-state index contributed by atoms with van der Waals surface area (Å²) in [6, 6.07) is 3.18. The third-order valence-corrected chi connectivity index (χ3v) is 2.55. The Morgan fingerprint density at radius 1 is 1.00 bits per heavy atom. The molecule has 10 heteroatoms. The molecule has 4 nitrogen and oxygen atoms in total. The average molecular weight is 324 g/mol. The zero-order valence-electron chi connectivity index (χ0n) is 10.4. The molecule has 0 aliphatic rings. The zero-order chi connectivity index (χ0) is 16.5. The highest BCUT2D eigenvalue weighted by Crippen LogP contribution is 2.32. The zero-order valence-corrected chi connectivity index (χ0v) is 10.4. The van der Waals surface area contributed by atoms with Crippen LogP contribution in [0.3, 0.4) is 0 Å². The van der Waals surface area contributed by atoms with E-state index in [1.165, 1.54) is 0 Å². The van der Waals surface area contributed by atoms with Crippen LogP contribution < -0.4 is 5.32 Å². The minimum Gasteiger partial charge on any atom is -0.350 e. The highest BCUT2D eigenvalue weighted by Gasteiger charge is 2.39. The van der Waals surface area contributed by atoms with Gasteiger partial charge >= 0.3 is 12.4 Å². The van der Waals surface area contributed by atoms with Gasteiger partial charge in [0.25, 0.3) is 5.91 Å². The number of benzene rings is 1. The SMILES string of the molecule is O=C(Nc1ccc(C(F)(F)F)cc1)c1oncc1C(F)(F)F. The van der Waals surface area contributed by atoms with Crippen LogP contribution >= 0.6 is 0 Å². The molecule has 22 heavy (non-hydrogen) atoms. The Hall–Kier alpha value is -2.52. The fraction of sp³-hybridized carbons (Fsp3) is 0.167. The minimum absolute atomic E-state index is 0.123. The van der Waals surface area contributed by atoms with Crippen molar-refractivity contribution in [2.45, 2.75) is 12.4 Å². The summed E-state index contributed by atoms with van der Waals surface area (Å²) >= 11 is 0. The van der Waals surface area contributed by atoms with Crippen molar-refractivity contribution in [2.75, 3.05) is 5.32 Å². The summed E-state index contributed by atoms with van der Waals surface area (Å²) in [6.45, 7) is 0. The number of anilines is 1. The number of hydrogen-bond acceptors (Lipinski definition) is 3. The lowest BCUT2D eigenvalue weighted by Gasteiger charge is -2.09. The molecule has 0 aliphatic carbocycles. The van der Waals surface area contributed by atoms with Crippen LogP contribution in [0, 0.1) is 0 Å². The molecule has 0 aliphatic heterocycles. The smallest absolute Gasteiger partial charge is 0.350 e. The second kappa shape index (κ2) is 5.35. The number of nitrogens with one attached hydrogen (secondary N) is 1. The summed E-state index contributed by atoms with van der Waals surface area (Å²) in [7, 11) is 0. The van der Waals surface area contributed by atoms with E-state index in [1.54, 1.807) is 0 Å². The number of alkyl halides is 6. The average Bonchev–Trinajstić information content (AvgIpc) is 2.87. The Bertz CT molecular complexity index is 672. The lowest BCUT2D eigenvalue weighted by atomic mass is 10.2. The minimum atomic E-state index is -4.84. The first-order valence-corrected chi connectivity index (χ1v) is 5.59. The Morgan fingerprint density at radius 2 is 1.59 bits per heavy atom. The highest BCUT2D eigenvalue weighted by molar-refractivity contribution is 6.03. The van der Waals surface area contributed by atoms with E-state index in [4.69, 9.17) is 0 Å². The standard InChI is InChI=1S/C12H6F6N2O2/c13-11(14,15)6-1-3-7(4-2-6)20-10(21)9-8(5-19-22-9)12(16,17)18/h1-5H,(H,20,21). The van der Waals surface area contributed by atoms with Gasteiger partial charge < -0.3 is 9.84 Å². The van der Waals surface area contributed by atoms with Gasteiger partial charge in [0, 0.05) is 5.69 Å². The molecule has 2 rings (SSSR count). The molecule has 2 aromatic rings. The Kier molecular flexibility index (Phi) is 3.86. The molecule has 0 saturated carbocycles. The third-order valence-electron chi connectivity index (χ3n) is 2.55. The molecule has 1 amide bonds. The summed E-state index contributed by atoms with van der Waals surface area (Å²) in [6.07, 6.45) is -9.06. The summed E-state index contributed by atoms with van der Waals surface area (Å²) < 4.78 is 79.0. The number of nitrogens with zero attached hydrogens (tertiary/aromatic N) is 1. The molecule has 1 aromatic heterocycles. The molecule has 0 unspecified atom stereocenters. The van der Waals surface area contributed by atoms with E-state index in [1.807, 2.05) is 5.32 Å². The summed E-state index contributed by atoms with van der Waals surface area (Å²) in [5.41, 5.74) is -2.46. The molecule has 0 atom stereocenters. The molecule has 0 saturated heterocycles. The van der Waals surface area contributed by atoms with Crippen molar-refractivity contribution >= 4 is 11.6 Å². The van der Waals surface area contributed by atoms with Gasteiger partial charge in [-0.15, -0.1) is 0 Å². The van der Waals surface area contributed by atoms with Gasteiger partial charge in [-0.2, -0.15) is 26.3 Å². The Morgan fingerprint density at radius 3 is 2.09 bits per heavy atom. The maximum Gasteiger partial charge on any atom is 0.421 e. The number of aromatic nitrogens is 1. The van der Waals surface area contributed by atoms with E-state index in [-0.39, 0.29) is 5.69 Å². The first kappa shape index (κ1) is 15.9. The van der Waals surface area contributed by atoms with Crippen LogP contribution in [0.1, 0.15) is 21.7 Å². The van der Waals surface area contributed by atoms with Gasteiger partial charge in [-0.3, -0.25) is 4.79 Å². The number of carbonyl (C=O) groups excluding carboxylic acids is 1. The second-order valence-electron chi connectivity index (χ2n) is 4.10. The number of hydrogen-bond donors (Lipinski definition) is 1. The van der Waals surface area contributed by atoms with Crippen LogP contribution in [0.25, 0.3) is 0 Å². The number of rotatable bonds is 2. The van der Waals surface area contributed by atoms with Gasteiger partial charge in [-0.25, -0.2) is 0 Å². The van der Waals surface area contributed by atoms with E-state index < -0.39 is 35.1 Å². The van der Waals surface area contributed by atoms with Crippen LogP contribution in [0.2, 0.25) is 0 Å². The normalized spacial score (nSPS) is 12.3. The van der Waals surface area contributed by atoms with E-state index >= 15 is 0 Å². The van der Waals surface area contributed by atoms with Crippen molar-refractivity contribution in [3.63, 3.8) is 0 Å². The van der Waals surface area contributed by atoms with Gasteiger partial charge in [0.15, 0.2) is 0 Å². The molecular weight excluding hydrogens is 318 g/mol. The number of halogens is 6. The van der Waals surface area contributed by atoms with E-state index in [0.29, 0.717) is 18.3 Å². The van der Waals surface area contributed by atoms with Crippen LogP contribution in [0.4, 0.5) is 32.0 Å². The molecule has 0 bridgehead atoms. The predicted octanol–water partition coefficient (Wildman–Crippen LogP) is 3.96. The van der Waals surface area contributed by atoms with Gasteiger partial charge in [0.2, 0.25) is 5.76 Å². The lowest BCUT2D eigenvalue weighted by molar-refractivity contribution is -0.138.